The van der Waals surface area contributed by atoms with Crippen LogP contribution in [0.3, 0.4) is 0 Å². The van der Waals surface area contributed by atoms with Crippen molar-refractivity contribution in [2.45, 2.75) is 26.4 Å². The zero-order valence-corrected chi connectivity index (χ0v) is 8.73. The summed E-state index contributed by atoms with van der Waals surface area (Å²) in [4.78, 5) is 10.5. The molecule has 0 fully saturated rings. The Morgan fingerprint density at radius 1 is 1.40 bits per heavy atom. The second kappa shape index (κ2) is 4.68. The third kappa shape index (κ3) is 3.89. The molecular formula is C11H14O4. The number of phenols is 1. The Balaban J connectivity index is 2.89. The number of carbonyl (C=O) groups is 1. The normalized spacial score (nSPS) is 10.3. The highest BCUT2D eigenvalue weighted by Gasteiger charge is 2.06. The smallest absolute Gasteiger partial charge is 0.307 e. The molecule has 1 aromatic rings. The highest BCUT2D eigenvalue weighted by Crippen LogP contribution is 2.23. The Labute approximate surface area is 88.1 Å². The van der Waals surface area contributed by atoms with Gasteiger partial charge in [0.25, 0.3) is 0 Å². The molecule has 0 bridgehead atoms. The topological polar surface area (TPSA) is 66.8 Å². The van der Waals surface area contributed by atoms with Gasteiger partial charge in [0, 0.05) is 6.07 Å². The van der Waals surface area contributed by atoms with Gasteiger partial charge in [0.1, 0.15) is 11.5 Å². The van der Waals surface area contributed by atoms with Gasteiger partial charge in [0.05, 0.1) is 12.5 Å². The van der Waals surface area contributed by atoms with Crippen LogP contribution in [0.15, 0.2) is 18.2 Å². The molecule has 4 heteroatoms. The number of hydrogen-bond donors (Lipinski definition) is 2. The zero-order valence-electron chi connectivity index (χ0n) is 8.73. The van der Waals surface area contributed by atoms with E-state index >= 15 is 0 Å². The molecule has 0 saturated heterocycles. The summed E-state index contributed by atoms with van der Waals surface area (Å²) in [6, 6.07) is 4.50. The molecule has 0 amide bonds. The zero-order chi connectivity index (χ0) is 11.4. The Hall–Kier alpha value is -1.71. The van der Waals surface area contributed by atoms with Crippen LogP contribution >= 0.6 is 0 Å². The first-order chi connectivity index (χ1) is 6.97. The first kappa shape index (κ1) is 11.4. The summed E-state index contributed by atoms with van der Waals surface area (Å²) >= 11 is 0. The fourth-order valence-electron chi connectivity index (χ4n) is 1.26. The molecule has 1 aromatic carbocycles. The van der Waals surface area contributed by atoms with Crippen molar-refractivity contribution in [1.29, 1.82) is 0 Å². The third-order valence-electron chi connectivity index (χ3n) is 1.68. The van der Waals surface area contributed by atoms with Crippen LogP contribution in [0.5, 0.6) is 11.5 Å². The van der Waals surface area contributed by atoms with E-state index in [2.05, 4.69) is 0 Å². The molecule has 0 aliphatic rings. The Morgan fingerprint density at radius 3 is 2.60 bits per heavy atom. The Bertz CT molecular complexity index is 358. The lowest BCUT2D eigenvalue weighted by atomic mass is 10.1. The van der Waals surface area contributed by atoms with Crippen LogP contribution in [-0.4, -0.2) is 22.3 Å². The minimum atomic E-state index is -0.934. The summed E-state index contributed by atoms with van der Waals surface area (Å²) in [6.07, 6.45) is -0.132. The molecule has 1 rings (SSSR count). The number of phenolic OH excluding ortho intramolecular Hbond substituents is 1. The number of aliphatic carboxylic acids is 1. The van der Waals surface area contributed by atoms with Crippen molar-refractivity contribution in [3.05, 3.63) is 23.8 Å². The highest BCUT2D eigenvalue weighted by molar-refractivity contribution is 5.70. The molecule has 0 spiro atoms. The van der Waals surface area contributed by atoms with Gasteiger partial charge in [0.15, 0.2) is 0 Å². The molecule has 0 heterocycles. The van der Waals surface area contributed by atoms with E-state index in [0.29, 0.717) is 11.3 Å². The van der Waals surface area contributed by atoms with Crippen molar-refractivity contribution in [2.24, 2.45) is 0 Å². The lowest BCUT2D eigenvalue weighted by molar-refractivity contribution is -0.136. The molecule has 0 aromatic heterocycles. The third-order valence-corrected chi connectivity index (χ3v) is 1.68. The highest BCUT2D eigenvalue weighted by atomic mass is 16.5. The lowest BCUT2D eigenvalue weighted by Crippen LogP contribution is -2.06. The summed E-state index contributed by atoms with van der Waals surface area (Å²) in [7, 11) is 0. The van der Waals surface area contributed by atoms with Crippen molar-refractivity contribution in [1.82, 2.24) is 0 Å². The maximum absolute atomic E-state index is 10.5. The fraction of sp³-hybridized carbons (Fsp3) is 0.364. The standard InChI is InChI=1S/C11H14O4/c1-7(2)15-10-4-8(5-11(13)14)3-9(12)6-10/h3-4,6-7,12H,5H2,1-2H3,(H,13,14). The summed E-state index contributed by atoms with van der Waals surface area (Å²) in [6.45, 7) is 3.72. The number of rotatable bonds is 4. The van der Waals surface area contributed by atoms with Crippen molar-refractivity contribution < 1.29 is 19.7 Å². The summed E-state index contributed by atoms with van der Waals surface area (Å²) in [5.74, 6) is -0.429. The van der Waals surface area contributed by atoms with Crippen molar-refractivity contribution in [3.8, 4) is 11.5 Å². The van der Waals surface area contributed by atoms with E-state index in [4.69, 9.17) is 9.84 Å². The van der Waals surface area contributed by atoms with E-state index < -0.39 is 5.97 Å². The van der Waals surface area contributed by atoms with Gasteiger partial charge >= 0.3 is 5.97 Å². The van der Waals surface area contributed by atoms with E-state index in [1.165, 1.54) is 12.1 Å². The summed E-state index contributed by atoms with van der Waals surface area (Å²) < 4.78 is 5.36. The Morgan fingerprint density at radius 2 is 2.07 bits per heavy atom. The van der Waals surface area contributed by atoms with Gasteiger partial charge in [0.2, 0.25) is 0 Å². The van der Waals surface area contributed by atoms with Gasteiger partial charge in [-0.1, -0.05) is 0 Å². The number of ether oxygens (including phenoxy) is 1. The average molecular weight is 210 g/mol. The lowest BCUT2D eigenvalue weighted by Gasteiger charge is -2.11. The second-order valence-corrected chi connectivity index (χ2v) is 3.57. The molecule has 4 nitrogen and oxygen atoms in total. The maximum Gasteiger partial charge on any atom is 0.307 e. The molecular weight excluding hydrogens is 196 g/mol. The van der Waals surface area contributed by atoms with Gasteiger partial charge in [-0.05, 0) is 31.5 Å². The quantitative estimate of drug-likeness (QED) is 0.795. The molecule has 0 saturated carbocycles. The van der Waals surface area contributed by atoms with E-state index in [1.807, 2.05) is 13.8 Å². The first-order valence-corrected chi connectivity index (χ1v) is 4.69. The molecule has 0 atom stereocenters. The van der Waals surface area contributed by atoms with Gasteiger partial charge in [-0.15, -0.1) is 0 Å². The molecule has 15 heavy (non-hydrogen) atoms. The van der Waals surface area contributed by atoms with Crippen molar-refractivity contribution in [2.75, 3.05) is 0 Å². The van der Waals surface area contributed by atoms with Crippen molar-refractivity contribution >= 4 is 5.97 Å². The number of hydrogen-bond acceptors (Lipinski definition) is 3. The number of aromatic hydroxyl groups is 1. The second-order valence-electron chi connectivity index (χ2n) is 3.57. The molecule has 2 N–H and O–H groups in total. The predicted octanol–water partition coefficient (Wildman–Crippen LogP) is 1.81. The fourth-order valence-corrected chi connectivity index (χ4v) is 1.26. The van der Waals surface area contributed by atoms with E-state index in [0.717, 1.165) is 0 Å². The molecule has 0 unspecified atom stereocenters. The van der Waals surface area contributed by atoms with E-state index in [-0.39, 0.29) is 18.3 Å². The number of carboxylic acid groups (broad SMARTS) is 1. The monoisotopic (exact) mass is 210 g/mol. The SMILES string of the molecule is CC(C)Oc1cc(O)cc(CC(=O)O)c1. The number of carboxylic acids is 1. The van der Waals surface area contributed by atoms with Gasteiger partial charge in [-0.3, -0.25) is 4.79 Å². The minimum absolute atomic E-state index is 0.00974. The molecule has 0 aliphatic carbocycles. The van der Waals surface area contributed by atoms with Crippen LogP contribution in [0.1, 0.15) is 19.4 Å². The summed E-state index contributed by atoms with van der Waals surface area (Å²) in [5, 5.41) is 18.0. The van der Waals surface area contributed by atoms with Crippen molar-refractivity contribution in [3.63, 3.8) is 0 Å². The van der Waals surface area contributed by atoms with Crippen LogP contribution in [0.25, 0.3) is 0 Å². The van der Waals surface area contributed by atoms with Gasteiger partial charge < -0.3 is 14.9 Å². The average Bonchev–Trinajstić information content (AvgIpc) is 1.98. The molecule has 0 aliphatic heterocycles. The summed E-state index contributed by atoms with van der Waals surface area (Å²) in [5.41, 5.74) is 0.526. The largest absolute Gasteiger partial charge is 0.508 e. The first-order valence-electron chi connectivity index (χ1n) is 4.69. The maximum atomic E-state index is 10.5. The number of benzene rings is 1. The van der Waals surface area contributed by atoms with Crippen LogP contribution < -0.4 is 4.74 Å². The van der Waals surface area contributed by atoms with Crippen LogP contribution in [0.4, 0.5) is 0 Å². The molecule has 0 radical (unpaired) electrons. The van der Waals surface area contributed by atoms with E-state index in [1.54, 1.807) is 6.07 Å². The molecule has 82 valence electrons. The minimum Gasteiger partial charge on any atom is -0.508 e. The van der Waals surface area contributed by atoms with Gasteiger partial charge in [-0.2, -0.15) is 0 Å². The van der Waals surface area contributed by atoms with Crippen LogP contribution in [0, 0.1) is 0 Å². The predicted molar refractivity (Wildman–Crippen MR) is 55.2 cm³/mol. The van der Waals surface area contributed by atoms with Crippen LogP contribution in [-0.2, 0) is 11.2 Å². The van der Waals surface area contributed by atoms with Gasteiger partial charge in [-0.25, -0.2) is 0 Å². The Kier molecular flexibility index (Phi) is 3.55. The van der Waals surface area contributed by atoms with E-state index in [9.17, 15) is 9.90 Å². The van der Waals surface area contributed by atoms with Crippen LogP contribution in [0.2, 0.25) is 0 Å².